The van der Waals surface area contributed by atoms with Crippen LogP contribution in [0.3, 0.4) is 0 Å². The number of halogens is 4. The molecule has 0 saturated heterocycles. The maximum atomic E-state index is 14.0. The van der Waals surface area contributed by atoms with E-state index in [9.17, 15) is 32.9 Å². The van der Waals surface area contributed by atoms with E-state index < -0.39 is 34.0 Å². The van der Waals surface area contributed by atoms with E-state index in [1.54, 1.807) is 6.92 Å². The molecule has 0 spiro atoms. The molecule has 10 nitrogen and oxygen atoms in total. The number of nitriles is 1. The summed E-state index contributed by atoms with van der Waals surface area (Å²) in [4.78, 5) is 17.8. The number of fused-ring (bicyclic) bond motifs is 1. The summed E-state index contributed by atoms with van der Waals surface area (Å²) in [6, 6.07) is 7.97. The van der Waals surface area contributed by atoms with E-state index in [-0.39, 0.29) is 22.9 Å². The van der Waals surface area contributed by atoms with Crippen molar-refractivity contribution in [3.63, 3.8) is 0 Å². The molecule has 0 fully saturated rings. The Morgan fingerprint density at radius 3 is 2.64 bits per heavy atom. The van der Waals surface area contributed by atoms with Crippen LogP contribution in [0.2, 0.25) is 0 Å². The van der Waals surface area contributed by atoms with Gasteiger partial charge >= 0.3 is 11.9 Å². The topological polar surface area (TPSA) is 132 Å². The van der Waals surface area contributed by atoms with Gasteiger partial charge in [-0.2, -0.15) is 32.9 Å². The Balaban J connectivity index is 1.91. The number of aromatic nitrogens is 4. The second kappa shape index (κ2) is 9.10. The Morgan fingerprint density at radius 2 is 2.03 bits per heavy atom. The molecule has 2 heterocycles. The van der Waals surface area contributed by atoms with E-state index in [0.717, 1.165) is 16.8 Å². The lowest BCUT2D eigenvalue weighted by molar-refractivity contribution is -0.387. The third kappa shape index (κ3) is 4.33. The molecule has 0 bridgehead atoms. The monoisotopic (exact) mass is 501 g/mol. The molecular weight excluding hydrogens is 486 g/mol. The molecule has 184 valence electrons. The Bertz CT molecular complexity index is 1540. The average Bonchev–Trinajstić information content (AvgIpc) is 3.21. The summed E-state index contributed by atoms with van der Waals surface area (Å²) in [6.45, 7) is 1.76. The Labute approximate surface area is 199 Å². The quantitative estimate of drug-likeness (QED) is 0.220. The largest absolute Gasteiger partial charge is 0.494 e. The number of methoxy groups -OCH3 is 1. The van der Waals surface area contributed by atoms with Gasteiger partial charge in [-0.3, -0.25) is 10.1 Å². The first-order valence-electron chi connectivity index (χ1n) is 10.2. The van der Waals surface area contributed by atoms with E-state index >= 15 is 0 Å². The van der Waals surface area contributed by atoms with Crippen molar-refractivity contribution >= 4 is 28.2 Å². The summed E-state index contributed by atoms with van der Waals surface area (Å²) in [6.07, 6.45) is -3.94. The number of nitro groups is 1. The minimum Gasteiger partial charge on any atom is -0.494 e. The highest BCUT2D eigenvalue weighted by Crippen LogP contribution is 2.37. The van der Waals surface area contributed by atoms with E-state index in [2.05, 4.69) is 20.4 Å². The number of hydrogen-bond donors (Lipinski definition) is 1. The van der Waals surface area contributed by atoms with Crippen LogP contribution < -0.4 is 10.1 Å². The molecule has 0 saturated carbocycles. The number of nitro benzene ring substituents is 1. The van der Waals surface area contributed by atoms with Gasteiger partial charge in [0, 0.05) is 23.7 Å². The average molecular weight is 501 g/mol. The van der Waals surface area contributed by atoms with Gasteiger partial charge in [0.05, 0.1) is 40.6 Å². The zero-order valence-corrected chi connectivity index (χ0v) is 18.6. The molecule has 0 atom stereocenters. The van der Waals surface area contributed by atoms with Crippen molar-refractivity contribution in [3.8, 4) is 17.6 Å². The number of nitrogens with zero attached hydrogens (tertiary/aromatic N) is 6. The second-order valence-corrected chi connectivity index (χ2v) is 7.37. The van der Waals surface area contributed by atoms with Gasteiger partial charge in [0.25, 0.3) is 0 Å². The van der Waals surface area contributed by atoms with Crippen LogP contribution in [0.25, 0.3) is 16.7 Å². The lowest BCUT2D eigenvalue weighted by Crippen LogP contribution is -2.15. The molecule has 4 aromatic rings. The normalized spacial score (nSPS) is 11.4. The minimum atomic E-state index is -4.85. The number of ether oxygens (including phenoxy) is 1. The first-order chi connectivity index (χ1) is 17.1. The Morgan fingerprint density at radius 1 is 1.28 bits per heavy atom. The van der Waals surface area contributed by atoms with Crippen LogP contribution in [0.5, 0.6) is 5.75 Å². The molecule has 4 rings (SSSR count). The van der Waals surface area contributed by atoms with Gasteiger partial charge in [-0.1, -0.05) is 6.92 Å². The van der Waals surface area contributed by atoms with E-state index in [1.807, 2.05) is 6.07 Å². The highest BCUT2D eigenvalue weighted by Gasteiger charge is 2.37. The lowest BCUT2D eigenvalue weighted by atomic mass is 10.1. The Kier molecular flexibility index (Phi) is 6.15. The highest BCUT2D eigenvalue weighted by molar-refractivity contribution is 5.85. The fraction of sp³-hybridized carbons (Fsp3) is 0.182. The molecule has 0 aliphatic carbocycles. The van der Waals surface area contributed by atoms with Crippen molar-refractivity contribution in [2.24, 2.45) is 0 Å². The van der Waals surface area contributed by atoms with Gasteiger partial charge in [0.1, 0.15) is 11.3 Å². The number of anilines is 2. The standard InChI is InChI=1S/C22H15F4N7O3/c1-3-15-12-6-11(9-27)4-5-17(12)32(31-15)20-13(22(24,25)26)10-28-21(30-20)29-16-8-18(33(34)35)14(23)7-19(16)36-2/h4-8,10H,3H2,1-2H3,(H,28,29,30). The summed E-state index contributed by atoms with van der Waals surface area (Å²) >= 11 is 0. The molecule has 14 heteroatoms. The van der Waals surface area contributed by atoms with E-state index in [1.165, 1.54) is 25.3 Å². The molecule has 1 N–H and O–H groups in total. The molecule has 0 amide bonds. The first-order valence-corrected chi connectivity index (χ1v) is 10.2. The number of aryl methyl sites for hydroxylation is 1. The van der Waals surface area contributed by atoms with Gasteiger partial charge in [-0.05, 0) is 24.6 Å². The maximum absolute atomic E-state index is 14.0. The molecule has 0 unspecified atom stereocenters. The van der Waals surface area contributed by atoms with Gasteiger partial charge in [0.15, 0.2) is 5.82 Å². The number of rotatable bonds is 6. The number of alkyl halides is 3. The van der Waals surface area contributed by atoms with E-state index in [0.29, 0.717) is 29.3 Å². The van der Waals surface area contributed by atoms with Crippen molar-refractivity contribution in [1.29, 1.82) is 5.26 Å². The minimum absolute atomic E-state index is 0.144. The van der Waals surface area contributed by atoms with Crippen molar-refractivity contribution in [1.82, 2.24) is 19.7 Å². The molecule has 36 heavy (non-hydrogen) atoms. The van der Waals surface area contributed by atoms with Crippen molar-refractivity contribution < 1.29 is 27.2 Å². The van der Waals surface area contributed by atoms with Crippen LogP contribution >= 0.6 is 0 Å². The molecule has 0 radical (unpaired) electrons. The second-order valence-electron chi connectivity index (χ2n) is 7.37. The fourth-order valence-electron chi connectivity index (χ4n) is 3.54. The van der Waals surface area contributed by atoms with Crippen molar-refractivity contribution in [2.45, 2.75) is 19.5 Å². The van der Waals surface area contributed by atoms with Gasteiger partial charge < -0.3 is 10.1 Å². The summed E-state index contributed by atoms with van der Waals surface area (Å²) in [5.41, 5.74) is -1.20. The predicted octanol–water partition coefficient (Wildman–Crippen LogP) is 5.07. The smallest absolute Gasteiger partial charge is 0.421 e. The van der Waals surface area contributed by atoms with Crippen LogP contribution in [0.15, 0.2) is 36.5 Å². The van der Waals surface area contributed by atoms with Gasteiger partial charge in [-0.25, -0.2) is 9.67 Å². The number of nitrogens with one attached hydrogen (secondary N) is 1. The fourth-order valence-corrected chi connectivity index (χ4v) is 3.54. The number of hydrogen-bond acceptors (Lipinski definition) is 8. The molecule has 2 aromatic heterocycles. The Hall–Kier alpha value is -4.80. The third-order valence-electron chi connectivity index (χ3n) is 5.21. The molecule has 2 aromatic carbocycles. The summed E-state index contributed by atoms with van der Waals surface area (Å²) < 4.78 is 61.6. The highest BCUT2D eigenvalue weighted by atomic mass is 19.4. The van der Waals surface area contributed by atoms with Gasteiger partial charge in [0.2, 0.25) is 11.8 Å². The predicted molar refractivity (Wildman–Crippen MR) is 119 cm³/mol. The molecule has 0 aliphatic heterocycles. The van der Waals surface area contributed by atoms with Crippen LogP contribution in [0.4, 0.5) is 34.9 Å². The van der Waals surface area contributed by atoms with Crippen molar-refractivity contribution in [2.75, 3.05) is 12.4 Å². The van der Waals surface area contributed by atoms with Crippen molar-refractivity contribution in [3.05, 3.63) is 69.3 Å². The summed E-state index contributed by atoms with van der Waals surface area (Å²) in [5, 5.41) is 27.6. The van der Waals surface area contributed by atoms with Gasteiger partial charge in [-0.15, -0.1) is 0 Å². The van der Waals surface area contributed by atoms with Crippen LogP contribution in [0.1, 0.15) is 23.7 Å². The molecular formula is C22H15F4N7O3. The zero-order valence-electron chi connectivity index (χ0n) is 18.6. The first kappa shape index (κ1) is 24.3. The maximum Gasteiger partial charge on any atom is 0.421 e. The SMILES string of the molecule is CCc1nn(-c2nc(Nc3cc([N+](=O)[O-])c(F)cc3OC)ncc2C(F)(F)F)c2ccc(C#N)cc12. The zero-order chi connectivity index (χ0) is 26.2. The lowest BCUT2D eigenvalue weighted by Gasteiger charge is -2.15. The van der Waals surface area contributed by atoms with E-state index in [4.69, 9.17) is 4.74 Å². The van der Waals surface area contributed by atoms with Crippen LogP contribution in [-0.2, 0) is 12.6 Å². The number of benzene rings is 2. The van der Waals surface area contributed by atoms with Crippen LogP contribution in [-0.4, -0.2) is 31.8 Å². The third-order valence-corrected chi connectivity index (χ3v) is 5.21. The summed E-state index contributed by atoms with van der Waals surface area (Å²) in [5.74, 6) is -2.33. The summed E-state index contributed by atoms with van der Waals surface area (Å²) in [7, 11) is 1.18. The van der Waals surface area contributed by atoms with Crippen LogP contribution in [0, 0.1) is 27.3 Å². The molecule has 0 aliphatic rings.